The number of hydrogen-bond donors (Lipinski definition) is 2. The van der Waals surface area contributed by atoms with Crippen molar-refractivity contribution in [2.75, 3.05) is 5.32 Å². The van der Waals surface area contributed by atoms with Gasteiger partial charge in [0.05, 0.1) is 5.57 Å². The zero-order valence-corrected chi connectivity index (χ0v) is 9.55. The van der Waals surface area contributed by atoms with Crippen LogP contribution < -0.4 is 5.32 Å². The minimum atomic E-state index is -0.917. The second-order valence-electron chi connectivity index (χ2n) is 4.15. The zero-order chi connectivity index (χ0) is 12.5. The lowest BCUT2D eigenvalue weighted by molar-refractivity contribution is -0.132. The van der Waals surface area contributed by atoms with Gasteiger partial charge in [0.25, 0.3) is 0 Å². The van der Waals surface area contributed by atoms with Gasteiger partial charge in [-0.2, -0.15) is 0 Å². The lowest BCUT2D eigenvalue weighted by Crippen LogP contribution is -2.06. The van der Waals surface area contributed by atoms with Crippen LogP contribution in [0.5, 0.6) is 0 Å². The van der Waals surface area contributed by atoms with Crippen LogP contribution in [-0.4, -0.2) is 11.1 Å². The van der Waals surface area contributed by atoms with E-state index in [2.05, 4.69) is 5.32 Å². The number of rotatable bonds is 1. The Hall–Kier alpha value is -2.55. The summed E-state index contributed by atoms with van der Waals surface area (Å²) in [6, 6.07) is 7.97. The highest BCUT2D eigenvalue weighted by Gasteiger charge is 2.14. The summed E-state index contributed by atoms with van der Waals surface area (Å²) in [5.41, 5.74) is 4.33. The number of carboxylic acids is 1. The molecule has 0 spiro atoms. The normalized spacial score (nSPS) is 16.3. The molecule has 0 saturated carbocycles. The monoisotopic (exact) mass is 237 g/mol. The number of carboxylic acid groups (broad SMARTS) is 1. The maximum absolute atomic E-state index is 10.9. The van der Waals surface area contributed by atoms with Crippen molar-refractivity contribution in [1.29, 1.82) is 0 Å². The number of aliphatic carboxylic acids is 1. The van der Waals surface area contributed by atoms with E-state index < -0.39 is 5.97 Å². The second kappa shape index (κ2) is 4.04. The van der Waals surface area contributed by atoms with Crippen molar-refractivity contribution in [1.82, 2.24) is 0 Å². The van der Waals surface area contributed by atoms with Crippen molar-refractivity contribution in [3.8, 4) is 0 Å². The molecule has 1 aliphatic heterocycles. The van der Waals surface area contributed by atoms with Crippen LogP contribution in [0.4, 0.5) is 5.69 Å². The highest BCUT2D eigenvalue weighted by atomic mass is 16.4. The molecule has 0 amide bonds. The highest BCUT2D eigenvalue weighted by molar-refractivity contribution is 5.91. The minimum absolute atomic E-state index is 0.281. The standard InChI is InChI=1S/C15H11NO2/c17-15(18)10-5-6-12-9-11-3-1-2-4-13(11)16-14(12)8-7-10/h1-9,16H,(H,17,18). The average Bonchev–Trinajstić information content (AvgIpc) is 2.58. The summed E-state index contributed by atoms with van der Waals surface area (Å²) in [4.78, 5) is 10.9. The molecule has 0 saturated heterocycles. The second-order valence-corrected chi connectivity index (χ2v) is 4.15. The molecule has 1 aliphatic carbocycles. The Labute approximate surface area is 104 Å². The Bertz CT molecular complexity index is 648. The summed E-state index contributed by atoms with van der Waals surface area (Å²) in [6.45, 7) is 0. The number of nitrogens with one attached hydrogen (secondary N) is 1. The van der Waals surface area contributed by atoms with Gasteiger partial charge in [-0.3, -0.25) is 0 Å². The summed E-state index contributed by atoms with van der Waals surface area (Å²) in [5.74, 6) is -0.917. The fourth-order valence-electron chi connectivity index (χ4n) is 2.03. The third kappa shape index (κ3) is 1.76. The molecule has 3 heteroatoms. The van der Waals surface area contributed by atoms with Gasteiger partial charge >= 0.3 is 5.97 Å². The lowest BCUT2D eigenvalue weighted by Gasteiger charge is -2.19. The number of allylic oxidation sites excluding steroid dienone is 3. The molecule has 3 nitrogen and oxygen atoms in total. The highest BCUT2D eigenvalue weighted by Crippen LogP contribution is 2.30. The molecule has 0 atom stereocenters. The van der Waals surface area contributed by atoms with Crippen LogP contribution in [0.1, 0.15) is 5.56 Å². The van der Waals surface area contributed by atoms with Crippen molar-refractivity contribution in [2.24, 2.45) is 0 Å². The minimum Gasteiger partial charge on any atom is -0.478 e. The number of anilines is 1. The number of carbonyl (C=O) groups is 1. The topological polar surface area (TPSA) is 49.3 Å². The van der Waals surface area contributed by atoms with E-state index >= 15 is 0 Å². The summed E-state index contributed by atoms with van der Waals surface area (Å²) >= 11 is 0. The zero-order valence-electron chi connectivity index (χ0n) is 9.55. The van der Waals surface area contributed by atoms with Crippen molar-refractivity contribution < 1.29 is 9.90 Å². The quantitative estimate of drug-likeness (QED) is 0.789. The molecular formula is C15H11NO2. The van der Waals surface area contributed by atoms with Crippen molar-refractivity contribution >= 4 is 17.7 Å². The molecule has 2 aliphatic rings. The van der Waals surface area contributed by atoms with E-state index in [-0.39, 0.29) is 5.57 Å². The van der Waals surface area contributed by atoms with E-state index in [9.17, 15) is 4.79 Å². The summed E-state index contributed by atoms with van der Waals surface area (Å²) in [6.07, 6.45) is 8.89. The Morgan fingerprint density at radius 1 is 1.11 bits per heavy atom. The van der Waals surface area contributed by atoms with E-state index in [1.807, 2.05) is 36.4 Å². The van der Waals surface area contributed by atoms with Gasteiger partial charge in [-0.05, 0) is 41.5 Å². The van der Waals surface area contributed by atoms with Gasteiger partial charge in [-0.25, -0.2) is 4.79 Å². The third-order valence-corrected chi connectivity index (χ3v) is 2.97. The first-order valence-electron chi connectivity index (χ1n) is 5.65. The van der Waals surface area contributed by atoms with Crippen molar-refractivity contribution in [2.45, 2.75) is 0 Å². The maximum Gasteiger partial charge on any atom is 0.335 e. The molecular weight excluding hydrogens is 226 g/mol. The maximum atomic E-state index is 10.9. The van der Waals surface area contributed by atoms with Crippen LogP contribution in [0.15, 0.2) is 65.4 Å². The molecule has 2 N–H and O–H groups in total. The Kier molecular flexibility index (Phi) is 2.38. The van der Waals surface area contributed by atoms with Gasteiger partial charge in [-0.15, -0.1) is 0 Å². The van der Waals surface area contributed by atoms with E-state index in [1.165, 1.54) is 0 Å². The van der Waals surface area contributed by atoms with Crippen LogP contribution >= 0.6 is 0 Å². The Morgan fingerprint density at radius 3 is 2.78 bits per heavy atom. The van der Waals surface area contributed by atoms with Crippen LogP contribution in [-0.2, 0) is 4.79 Å². The van der Waals surface area contributed by atoms with Crippen molar-refractivity contribution in [3.63, 3.8) is 0 Å². The first-order chi connectivity index (χ1) is 8.74. The molecule has 88 valence electrons. The summed E-state index contributed by atoms with van der Waals surface area (Å²) in [7, 11) is 0. The lowest BCUT2D eigenvalue weighted by atomic mass is 10.0. The smallest absolute Gasteiger partial charge is 0.335 e. The number of fused-ring (bicyclic) bond motifs is 2. The summed E-state index contributed by atoms with van der Waals surface area (Å²) in [5, 5.41) is 12.3. The Balaban J connectivity index is 2.08. The van der Waals surface area contributed by atoms with Crippen LogP contribution in [0.2, 0.25) is 0 Å². The van der Waals surface area contributed by atoms with Crippen LogP contribution in [0.3, 0.4) is 0 Å². The first kappa shape index (κ1) is 10.6. The molecule has 1 heterocycles. The van der Waals surface area contributed by atoms with Gasteiger partial charge in [0.15, 0.2) is 0 Å². The van der Waals surface area contributed by atoms with Gasteiger partial charge in [-0.1, -0.05) is 24.3 Å². The Morgan fingerprint density at radius 2 is 1.94 bits per heavy atom. The molecule has 0 fully saturated rings. The molecule has 18 heavy (non-hydrogen) atoms. The molecule has 3 rings (SSSR count). The summed E-state index contributed by atoms with van der Waals surface area (Å²) < 4.78 is 0. The average molecular weight is 237 g/mol. The fourth-order valence-corrected chi connectivity index (χ4v) is 2.03. The van der Waals surface area contributed by atoms with E-state index in [0.717, 1.165) is 22.5 Å². The van der Waals surface area contributed by atoms with E-state index in [0.29, 0.717) is 0 Å². The number of hydrogen-bond acceptors (Lipinski definition) is 2. The number of para-hydroxylation sites is 1. The largest absolute Gasteiger partial charge is 0.478 e. The first-order valence-corrected chi connectivity index (χ1v) is 5.65. The predicted molar refractivity (Wildman–Crippen MR) is 71.0 cm³/mol. The van der Waals surface area contributed by atoms with Crippen LogP contribution in [0, 0.1) is 0 Å². The molecule has 0 bridgehead atoms. The predicted octanol–water partition coefficient (Wildman–Crippen LogP) is 2.96. The van der Waals surface area contributed by atoms with Crippen molar-refractivity contribution in [3.05, 3.63) is 71.0 Å². The number of benzene rings is 1. The molecule has 1 aromatic rings. The van der Waals surface area contributed by atoms with Crippen LogP contribution in [0.25, 0.3) is 6.08 Å². The fraction of sp³-hybridized carbons (Fsp3) is 0. The third-order valence-electron chi connectivity index (χ3n) is 2.97. The van der Waals surface area contributed by atoms with Gasteiger partial charge in [0, 0.05) is 11.4 Å². The SMILES string of the molecule is O=C(O)C1=CC=C2Nc3ccccc3C=C2C=C1. The molecule has 0 unspecified atom stereocenters. The van der Waals surface area contributed by atoms with Gasteiger partial charge in [0.2, 0.25) is 0 Å². The van der Waals surface area contributed by atoms with Gasteiger partial charge < -0.3 is 10.4 Å². The molecule has 0 aromatic heterocycles. The molecule has 1 aromatic carbocycles. The van der Waals surface area contributed by atoms with E-state index in [4.69, 9.17) is 5.11 Å². The molecule has 0 radical (unpaired) electrons. The van der Waals surface area contributed by atoms with Gasteiger partial charge in [0.1, 0.15) is 0 Å². The van der Waals surface area contributed by atoms with E-state index in [1.54, 1.807) is 18.2 Å².